The summed E-state index contributed by atoms with van der Waals surface area (Å²) in [5.41, 5.74) is 1.21. The van der Waals surface area contributed by atoms with Crippen LogP contribution in [0.25, 0.3) is 0 Å². The third-order valence-electron chi connectivity index (χ3n) is 1.95. The highest BCUT2D eigenvalue weighted by molar-refractivity contribution is 14.1. The molecule has 64 valence electrons. The van der Waals surface area contributed by atoms with Crippen molar-refractivity contribution in [2.75, 3.05) is 11.9 Å². The van der Waals surface area contributed by atoms with Crippen molar-refractivity contribution in [2.45, 2.75) is 6.42 Å². The average Bonchev–Trinajstić information content (AvgIpc) is 2.48. The van der Waals surface area contributed by atoms with Gasteiger partial charge in [-0.15, -0.1) is 0 Å². The zero-order valence-corrected chi connectivity index (χ0v) is 8.28. The van der Waals surface area contributed by atoms with Crippen LogP contribution in [0.15, 0.2) is 6.07 Å². The van der Waals surface area contributed by atoms with Crippen LogP contribution in [0.5, 0.6) is 0 Å². The molecule has 1 aliphatic heterocycles. The molecule has 2 rings (SSSR count). The first kappa shape index (κ1) is 8.22. The van der Waals surface area contributed by atoms with Crippen LogP contribution in [0.2, 0.25) is 0 Å². The Morgan fingerprint density at radius 2 is 2.17 bits per heavy atom. The molecule has 0 fully saturated rings. The zero-order valence-electron chi connectivity index (χ0n) is 6.13. The molecule has 0 radical (unpaired) electrons. The number of hydrogen-bond acceptors (Lipinski definition) is 1. The molecular weight excluding hydrogens is 275 g/mol. The fourth-order valence-electron chi connectivity index (χ4n) is 1.36. The number of benzene rings is 1. The Labute approximate surface area is 82.3 Å². The maximum absolute atomic E-state index is 13.3. The first-order valence-electron chi connectivity index (χ1n) is 3.60. The van der Waals surface area contributed by atoms with Crippen LogP contribution < -0.4 is 5.32 Å². The topological polar surface area (TPSA) is 12.0 Å². The van der Waals surface area contributed by atoms with E-state index in [2.05, 4.69) is 5.32 Å². The molecule has 4 heteroatoms. The molecule has 0 unspecified atom stereocenters. The van der Waals surface area contributed by atoms with E-state index < -0.39 is 11.6 Å². The van der Waals surface area contributed by atoms with Gasteiger partial charge in [-0.2, -0.15) is 0 Å². The lowest BCUT2D eigenvalue weighted by Gasteiger charge is -2.03. The lowest BCUT2D eigenvalue weighted by Crippen LogP contribution is -1.94. The highest BCUT2D eigenvalue weighted by Crippen LogP contribution is 2.29. The second-order valence-corrected chi connectivity index (χ2v) is 3.77. The second kappa shape index (κ2) is 2.83. The first-order valence-corrected chi connectivity index (χ1v) is 4.68. The number of halogens is 3. The van der Waals surface area contributed by atoms with Gasteiger partial charge in [0.1, 0.15) is 11.6 Å². The van der Waals surface area contributed by atoms with Crippen LogP contribution in [-0.2, 0) is 6.42 Å². The van der Waals surface area contributed by atoms with Gasteiger partial charge in [0.25, 0.3) is 0 Å². The molecule has 0 amide bonds. The minimum absolute atomic E-state index is 0.0926. The predicted octanol–water partition coefficient (Wildman–Crippen LogP) is 2.54. The fraction of sp³-hybridized carbons (Fsp3) is 0.250. The van der Waals surface area contributed by atoms with Crippen molar-refractivity contribution in [1.82, 2.24) is 0 Å². The minimum atomic E-state index is -0.485. The van der Waals surface area contributed by atoms with E-state index in [1.54, 1.807) is 22.6 Å². The third-order valence-corrected chi connectivity index (χ3v) is 2.94. The Balaban J connectivity index is 2.67. The van der Waals surface area contributed by atoms with Crippen LogP contribution in [0.3, 0.4) is 0 Å². The second-order valence-electron chi connectivity index (χ2n) is 2.69. The van der Waals surface area contributed by atoms with Gasteiger partial charge in [0, 0.05) is 17.8 Å². The smallest absolute Gasteiger partial charge is 0.144 e. The van der Waals surface area contributed by atoms with E-state index >= 15 is 0 Å². The van der Waals surface area contributed by atoms with Crippen LogP contribution in [0.1, 0.15) is 5.56 Å². The van der Waals surface area contributed by atoms with Gasteiger partial charge in [0.15, 0.2) is 0 Å². The predicted molar refractivity (Wildman–Crippen MR) is 51.3 cm³/mol. The van der Waals surface area contributed by atoms with Crippen LogP contribution in [-0.4, -0.2) is 6.54 Å². The molecule has 1 aromatic rings. The van der Waals surface area contributed by atoms with E-state index in [1.807, 2.05) is 0 Å². The van der Waals surface area contributed by atoms with Crippen molar-refractivity contribution < 1.29 is 8.78 Å². The molecule has 0 aromatic heterocycles. The van der Waals surface area contributed by atoms with Crippen LogP contribution >= 0.6 is 22.6 Å². The maximum atomic E-state index is 13.3. The molecule has 0 aliphatic carbocycles. The largest absolute Gasteiger partial charge is 0.384 e. The van der Waals surface area contributed by atoms with Gasteiger partial charge < -0.3 is 5.32 Å². The minimum Gasteiger partial charge on any atom is -0.384 e. The van der Waals surface area contributed by atoms with Crippen molar-refractivity contribution in [3.05, 3.63) is 26.8 Å². The SMILES string of the molecule is Fc1cc2c(c(F)c1I)CCN2. The average molecular weight is 281 g/mol. The van der Waals surface area contributed by atoms with Gasteiger partial charge in [-0.05, 0) is 35.1 Å². The van der Waals surface area contributed by atoms with Gasteiger partial charge in [0.2, 0.25) is 0 Å². The van der Waals surface area contributed by atoms with E-state index in [-0.39, 0.29) is 3.57 Å². The Bertz CT molecular complexity index is 338. The number of nitrogens with one attached hydrogen (secondary N) is 1. The summed E-state index contributed by atoms with van der Waals surface area (Å²) in [6.07, 6.45) is 0.650. The van der Waals surface area contributed by atoms with E-state index in [0.29, 0.717) is 24.2 Å². The quantitative estimate of drug-likeness (QED) is 0.569. The lowest BCUT2D eigenvalue weighted by molar-refractivity contribution is 0.564. The summed E-state index contributed by atoms with van der Waals surface area (Å²) in [5, 5.41) is 2.93. The van der Waals surface area contributed by atoms with Crippen LogP contribution in [0, 0.1) is 15.2 Å². The Hall–Kier alpha value is -0.390. The molecule has 0 bridgehead atoms. The highest BCUT2D eigenvalue weighted by Gasteiger charge is 2.19. The number of rotatable bonds is 0. The number of anilines is 1. The van der Waals surface area contributed by atoms with Crippen molar-refractivity contribution in [3.63, 3.8) is 0 Å². The summed E-state index contributed by atoms with van der Waals surface area (Å²) >= 11 is 1.68. The summed E-state index contributed by atoms with van der Waals surface area (Å²) < 4.78 is 26.3. The normalized spacial score (nSPS) is 14.2. The Kier molecular flexibility index (Phi) is 1.94. The first-order chi connectivity index (χ1) is 5.70. The van der Waals surface area contributed by atoms with E-state index in [1.165, 1.54) is 6.07 Å². The maximum Gasteiger partial charge on any atom is 0.144 e. The summed E-state index contributed by atoms with van der Waals surface area (Å²) in [7, 11) is 0. The molecule has 1 N–H and O–H groups in total. The molecule has 0 saturated heterocycles. The van der Waals surface area contributed by atoms with Gasteiger partial charge in [-0.1, -0.05) is 0 Å². The zero-order chi connectivity index (χ0) is 8.72. The lowest BCUT2D eigenvalue weighted by atomic mass is 10.1. The van der Waals surface area contributed by atoms with Crippen LogP contribution in [0.4, 0.5) is 14.5 Å². The Morgan fingerprint density at radius 1 is 1.42 bits per heavy atom. The van der Waals surface area contributed by atoms with Gasteiger partial charge in [-0.3, -0.25) is 0 Å². The van der Waals surface area contributed by atoms with E-state index in [0.717, 1.165) is 0 Å². The summed E-state index contributed by atoms with van der Waals surface area (Å²) in [6, 6.07) is 1.35. The standard InChI is InChI=1S/C8H6F2IN/c9-5-3-6-4(1-2-12-6)7(10)8(5)11/h3,12H,1-2H2. The molecule has 1 nitrogen and oxygen atoms in total. The summed E-state index contributed by atoms with van der Waals surface area (Å²) in [4.78, 5) is 0. The van der Waals surface area contributed by atoms with E-state index in [4.69, 9.17) is 0 Å². The molecule has 1 aliphatic rings. The molecule has 12 heavy (non-hydrogen) atoms. The molecular formula is C8H6F2IN. The number of hydrogen-bond donors (Lipinski definition) is 1. The Morgan fingerprint density at radius 3 is 2.92 bits per heavy atom. The number of fused-ring (bicyclic) bond motifs is 1. The third kappa shape index (κ3) is 1.09. The monoisotopic (exact) mass is 281 g/mol. The van der Waals surface area contributed by atoms with Crippen molar-refractivity contribution in [2.24, 2.45) is 0 Å². The molecule has 0 spiro atoms. The summed E-state index contributed by atoms with van der Waals surface area (Å²) in [6.45, 7) is 0.700. The van der Waals surface area contributed by atoms with Crippen molar-refractivity contribution in [1.29, 1.82) is 0 Å². The van der Waals surface area contributed by atoms with Gasteiger partial charge in [0.05, 0.1) is 3.57 Å². The van der Waals surface area contributed by atoms with E-state index in [9.17, 15) is 8.78 Å². The highest BCUT2D eigenvalue weighted by atomic mass is 127. The van der Waals surface area contributed by atoms with Gasteiger partial charge >= 0.3 is 0 Å². The van der Waals surface area contributed by atoms with Gasteiger partial charge in [-0.25, -0.2) is 8.78 Å². The molecule has 0 atom stereocenters. The fourth-order valence-corrected chi connectivity index (χ4v) is 1.84. The van der Waals surface area contributed by atoms with Crippen molar-refractivity contribution >= 4 is 28.3 Å². The van der Waals surface area contributed by atoms with Crippen molar-refractivity contribution in [3.8, 4) is 0 Å². The molecule has 1 heterocycles. The summed E-state index contributed by atoms with van der Waals surface area (Å²) in [5.74, 6) is -0.892. The molecule has 1 aromatic carbocycles. The molecule has 0 saturated carbocycles.